The monoisotopic (exact) mass is 1030 g/mol. The van der Waals surface area contributed by atoms with Crippen molar-refractivity contribution < 1.29 is 0 Å². The Morgan fingerprint density at radius 1 is 0.312 bits per heavy atom. The van der Waals surface area contributed by atoms with Crippen molar-refractivity contribution in [2.24, 2.45) is 0 Å². The molecule has 0 radical (unpaired) electrons. The SMILES string of the molecule is N#Cc1c2ccc(C=Cc3ccc(N(c4ccc(C5CCCCC5)cc4)c4cccc5ccccc45)cc3)cc2c(C#N)c2ccc(C=Cc3ccc(N(c4ccc(C5CCCCC5)cc4)c4cccc5ccccc45)cc3)cc12. The lowest BCUT2D eigenvalue weighted by atomic mass is 9.84. The summed E-state index contributed by atoms with van der Waals surface area (Å²) in [7, 11) is 0. The quantitative estimate of drug-likeness (QED) is 0.0904. The van der Waals surface area contributed by atoms with Gasteiger partial charge in [0, 0.05) is 55.1 Å². The average molecular weight is 1030 g/mol. The number of benzene rings is 11. The van der Waals surface area contributed by atoms with Crippen LogP contribution < -0.4 is 9.80 Å². The second-order valence-electron chi connectivity index (χ2n) is 22.0. The van der Waals surface area contributed by atoms with Gasteiger partial charge in [0.05, 0.1) is 22.5 Å². The van der Waals surface area contributed by atoms with Crippen molar-refractivity contribution in [1.82, 2.24) is 0 Å². The predicted molar refractivity (Wildman–Crippen MR) is 338 cm³/mol. The van der Waals surface area contributed by atoms with Gasteiger partial charge in [0.15, 0.2) is 0 Å². The van der Waals surface area contributed by atoms with Gasteiger partial charge in [0.2, 0.25) is 0 Å². The molecule has 4 heteroatoms. The van der Waals surface area contributed by atoms with Crippen LogP contribution in [-0.2, 0) is 0 Å². The van der Waals surface area contributed by atoms with Crippen LogP contribution >= 0.6 is 0 Å². The third kappa shape index (κ3) is 10.0. The minimum atomic E-state index is 0.569. The fraction of sp³-hybridized carbons (Fsp3) is 0.158. The molecule has 0 aliphatic heterocycles. The summed E-state index contributed by atoms with van der Waals surface area (Å²) in [6.45, 7) is 0. The van der Waals surface area contributed by atoms with Crippen LogP contribution in [0.2, 0.25) is 0 Å². The molecule has 0 amide bonds. The molecule has 2 saturated carbocycles. The number of nitriles is 2. The molecule has 386 valence electrons. The van der Waals surface area contributed by atoms with Crippen LogP contribution in [0.3, 0.4) is 0 Å². The molecular weight excluding hydrogens is 969 g/mol. The van der Waals surface area contributed by atoms with Gasteiger partial charge in [-0.25, -0.2) is 0 Å². The molecule has 0 N–H and O–H groups in total. The normalized spacial score (nSPS) is 14.3. The van der Waals surface area contributed by atoms with Gasteiger partial charge in [0.25, 0.3) is 0 Å². The number of anilines is 6. The number of fused-ring (bicyclic) bond motifs is 4. The second kappa shape index (κ2) is 22.5. The summed E-state index contributed by atoms with van der Waals surface area (Å²) in [5.74, 6) is 1.30. The molecule has 4 nitrogen and oxygen atoms in total. The molecular formula is C76H62N4. The van der Waals surface area contributed by atoms with E-state index in [9.17, 15) is 10.5 Å². The van der Waals surface area contributed by atoms with Crippen LogP contribution in [0.4, 0.5) is 34.1 Å². The number of rotatable bonds is 12. The van der Waals surface area contributed by atoms with Crippen molar-refractivity contribution in [3.63, 3.8) is 0 Å². The van der Waals surface area contributed by atoms with Crippen molar-refractivity contribution in [3.05, 3.63) is 263 Å². The Balaban J connectivity index is 0.760. The smallest absolute Gasteiger partial charge is 0.100 e. The Bertz CT molecular complexity index is 3910. The summed E-state index contributed by atoms with van der Waals surface area (Å²) in [5.41, 5.74) is 14.8. The molecule has 0 atom stereocenters. The van der Waals surface area contributed by atoms with E-state index in [1.54, 1.807) is 0 Å². The third-order valence-electron chi connectivity index (χ3n) is 17.1. The third-order valence-corrected chi connectivity index (χ3v) is 17.1. The Kier molecular flexibility index (Phi) is 14.1. The van der Waals surface area contributed by atoms with E-state index in [0.29, 0.717) is 23.0 Å². The van der Waals surface area contributed by atoms with Crippen LogP contribution in [0.1, 0.15) is 121 Å². The van der Waals surface area contributed by atoms with Gasteiger partial charge in [0.1, 0.15) is 12.1 Å². The number of nitrogens with zero attached hydrogens (tertiary/aromatic N) is 4. The zero-order valence-corrected chi connectivity index (χ0v) is 45.1. The van der Waals surface area contributed by atoms with Crippen molar-refractivity contribution in [1.29, 1.82) is 10.5 Å². The van der Waals surface area contributed by atoms with E-state index < -0.39 is 0 Å². The highest BCUT2D eigenvalue weighted by Crippen LogP contribution is 2.43. The maximum atomic E-state index is 10.7. The fourth-order valence-corrected chi connectivity index (χ4v) is 12.9. The summed E-state index contributed by atoms with van der Waals surface area (Å²) >= 11 is 0. The molecule has 11 aromatic rings. The first-order chi connectivity index (χ1) is 39.6. The Hall–Kier alpha value is -9.48. The summed E-state index contributed by atoms with van der Waals surface area (Å²) in [4.78, 5) is 4.75. The van der Waals surface area contributed by atoms with Gasteiger partial charge in [-0.05, 0) is 154 Å². The first kappa shape index (κ1) is 50.1. The van der Waals surface area contributed by atoms with E-state index in [-0.39, 0.29) is 0 Å². The van der Waals surface area contributed by atoms with Gasteiger partial charge < -0.3 is 9.80 Å². The molecule has 0 heterocycles. The van der Waals surface area contributed by atoms with Crippen molar-refractivity contribution in [2.45, 2.75) is 76.0 Å². The minimum absolute atomic E-state index is 0.569. The largest absolute Gasteiger partial charge is 0.310 e. The van der Waals surface area contributed by atoms with Gasteiger partial charge >= 0.3 is 0 Å². The van der Waals surface area contributed by atoms with E-state index in [1.807, 2.05) is 36.4 Å². The van der Waals surface area contributed by atoms with E-state index in [1.165, 1.54) is 96.9 Å². The van der Waals surface area contributed by atoms with Crippen LogP contribution in [0, 0.1) is 22.7 Å². The average Bonchev–Trinajstić information content (AvgIpc) is 3.54. The van der Waals surface area contributed by atoms with Crippen molar-refractivity contribution >= 4 is 102 Å². The molecule has 0 aromatic heterocycles. The van der Waals surface area contributed by atoms with Crippen molar-refractivity contribution in [3.8, 4) is 12.1 Å². The Labute approximate surface area is 470 Å². The lowest BCUT2D eigenvalue weighted by Crippen LogP contribution is -2.11. The zero-order valence-electron chi connectivity index (χ0n) is 45.1. The molecule has 2 aliphatic rings. The number of hydrogen-bond acceptors (Lipinski definition) is 4. The molecule has 11 aromatic carbocycles. The molecule has 0 spiro atoms. The van der Waals surface area contributed by atoms with Gasteiger partial charge in [-0.2, -0.15) is 10.5 Å². The van der Waals surface area contributed by atoms with E-state index >= 15 is 0 Å². The molecule has 80 heavy (non-hydrogen) atoms. The molecule has 0 unspecified atom stereocenters. The molecule has 0 bridgehead atoms. The molecule has 13 rings (SSSR count). The van der Waals surface area contributed by atoms with Gasteiger partial charge in [-0.1, -0.05) is 208 Å². The Morgan fingerprint density at radius 3 is 1.04 bits per heavy atom. The molecule has 2 aliphatic carbocycles. The minimum Gasteiger partial charge on any atom is -0.310 e. The zero-order chi connectivity index (χ0) is 53.8. The van der Waals surface area contributed by atoms with Crippen LogP contribution in [-0.4, -0.2) is 0 Å². The summed E-state index contributed by atoms with van der Waals surface area (Å²) in [6.07, 6.45) is 21.5. The predicted octanol–water partition coefficient (Wildman–Crippen LogP) is 21.4. The van der Waals surface area contributed by atoms with Crippen LogP contribution in [0.25, 0.3) is 67.4 Å². The standard InChI is InChI=1S/C76H62N4/c77-51-73-70-48-34-56(28-26-54-31-41-64(42-32-54)80(76-24-12-20-62-18-8-10-22-68(62)76)66-45-37-60(38-46-66)58-15-5-2-6-16-58)50-72(70)74(52-78)69-47-33-55(49-71(69)73)27-25-53-29-39-63(40-30-53)79(75-23-11-19-61-17-7-9-21-67(61)75)65-43-35-59(36-44-65)57-13-3-1-4-14-57/h7-12,17-50,57-58H,1-6,13-16H2. The molecule has 2 fully saturated rings. The fourth-order valence-electron chi connectivity index (χ4n) is 12.9. The van der Waals surface area contributed by atoms with Crippen LogP contribution in [0.5, 0.6) is 0 Å². The van der Waals surface area contributed by atoms with E-state index in [4.69, 9.17) is 0 Å². The van der Waals surface area contributed by atoms with E-state index in [0.717, 1.165) is 77.9 Å². The first-order valence-electron chi connectivity index (χ1n) is 28.7. The maximum absolute atomic E-state index is 10.7. The highest BCUT2D eigenvalue weighted by Gasteiger charge is 2.22. The van der Waals surface area contributed by atoms with Gasteiger partial charge in [-0.3, -0.25) is 0 Å². The summed E-state index contributed by atoms with van der Waals surface area (Å²) in [5, 5.41) is 29.4. The summed E-state index contributed by atoms with van der Waals surface area (Å²) < 4.78 is 0. The molecule has 0 saturated heterocycles. The lowest BCUT2D eigenvalue weighted by molar-refractivity contribution is 0.443. The van der Waals surface area contributed by atoms with Crippen LogP contribution in [0.15, 0.2) is 218 Å². The highest BCUT2D eigenvalue weighted by molar-refractivity contribution is 6.10. The Morgan fingerprint density at radius 2 is 0.650 bits per heavy atom. The second-order valence-corrected chi connectivity index (χ2v) is 22.0. The number of hydrogen-bond donors (Lipinski definition) is 0. The van der Waals surface area contributed by atoms with E-state index in [2.05, 4.69) is 228 Å². The summed E-state index contributed by atoms with van der Waals surface area (Å²) in [6, 6.07) is 83.6. The topological polar surface area (TPSA) is 54.1 Å². The van der Waals surface area contributed by atoms with Gasteiger partial charge in [-0.15, -0.1) is 0 Å². The van der Waals surface area contributed by atoms with Crippen molar-refractivity contribution in [2.75, 3.05) is 9.80 Å². The highest BCUT2D eigenvalue weighted by atomic mass is 15.1. The first-order valence-corrected chi connectivity index (χ1v) is 28.7. The maximum Gasteiger partial charge on any atom is 0.100 e. The lowest BCUT2D eigenvalue weighted by Gasteiger charge is -2.28.